The van der Waals surface area contributed by atoms with Gasteiger partial charge in [0, 0.05) is 13.1 Å². The third-order valence-corrected chi connectivity index (χ3v) is 3.69. The summed E-state index contributed by atoms with van der Waals surface area (Å²) in [5, 5.41) is 1.59. The van der Waals surface area contributed by atoms with Crippen molar-refractivity contribution in [1.29, 1.82) is 0 Å². The summed E-state index contributed by atoms with van der Waals surface area (Å²) in [6, 6.07) is 0. The van der Waals surface area contributed by atoms with Crippen LogP contribution in [0.2, 0.25) is 5.28 Å². The number of nitrogens with zero attached hydrogens (tertiary/aromatic N) is 3. The lowest BCUT2D eigenvalue weighted by atomic mass is 10.5. The SMILES string of the molecule is O=S(=O)(NN1CCOCC1)c1cnc(Cl)nc1. The van der Waals surface area contributed by atoms with Crippen molar-refractivity contribution in [3.05, 3.63) is 17.7 Å². The van der Waals surface area contributed by atoms with E-state index in [1.165, 1.54) is 0 Å². The van der Waals surface area contributed by atoms with Crippen LogP contribution < -0.4 is 4.83 Å². The molecule has 0 aliphatic carbocycles. The van der Waals surface area contributed by atoms with Crippen LogP contribution >= 0.6 is 11.6 Å². The highest BCUT2D eigenvalue weighted by Crippen LogP contribution is 2.08. The lowest BCUT2D eigenvalue weighted by Gasteiger charge is -2.26. The molecule has 1 aliphatic heterocycles. The maximum atomic E-state index is 11.9. The van der Waals surface area contributed by atoms with Gasteiger partial charge in [0.2, 0.25) is 5.28 Å². The monoisotopic (exact) mass is 278 g/mol. The number of ether oxygens (including phenoxy) is 1. The molecule has 1 aromatic heterocycles. The summed E-state index contributed by atoms with van der Waals surface area (Å²) < 4.78 is 28.9. The second-order valence-electron chi connectivity index (χ2n) is 3.38. The number of morpholine rings is 1. The summed E-state index contributed by atoms with van der Waals surface area (Å²) in [6.45, 7) is 2.01. The minimum atomic E-state index is -3.64. The lowest BCUT2D eigenvalue weighted by molar-refractivity contribution is 0.0272. The summed E-state index contributed by atoms with van der Waals surface area (Å²) in [4.78, 5) is 9.67. The number of sulfonamides is 1. The standard InChI is InChI=1S/C8H11ClN4O3S/c9-8-10-5-7(6-11-8)17(14,15)12-13-1-3-16-4-2-13/h5-6,12H,1-4H2. The van der Waals surface area contributed by atoms with Gasteiger partial charge in [0.25, 0.3) is 10.0 Å². The summed E-state index contributed by atoms with van der Waals surface area (Å²) in [7, 11) is -3.64. The molecule has 0 unspecified atom stereocenters. The first kappa shape index (κ1) is 12.7. The van der Waals surface area contributed by atoms with Gasteiger partial charge < -0.3 is 4.74 Å². The zero-order chi connectivity index (χ0) is 12.3. The van der Waals surface area contributed by atoms with Gasteiger partial charge in [0.15, 0.2) is 0 Å². The second kappa shape index (κ2) is 5.23. The van der Waals surface area contributed by atoms with Gasteiger partial charge in [-0.2, -0.15) is 0 Å². The highest BCUT2D eigenvalue weighted by molar-refractivity contribution is 7.89. The van der Waals surface area contributed by atoms with Crippen LogP contribution in [-0.2, 0) is 14.8 Å². The predicted octanol–water partition coefficient (Wildman–Crippen LogP) is -0.345. The van der Waals surface area contributed by atoms with E-state index in [0.717, 1.165) is 12.4 Å². The predicted molar refractivity (Wildman–Crippen MR) is 59.8 cm³/mol. The molecule has 0 saturated carbocycles. The Balaban J connectivity index is 2.10. The van der Waals surface area contributed by atoms with Gasteiger partial charge in [-0.3, -0.25) is 0 Å². The molecule has 1 N–H and O–H groups in total. The van der Waals surface area contributed by atoms with Crippen molar-refractivity contribution in [2.24, 2.45) is 0 Å². The minimum Gasteiger partial charge on any atom is -0.379 e. The number of hydrazine groups is 1. The molecule has 2 rings (SSSR count). The number of hydrogen-bond donors (Lipinski definition) is 1. The first-order chi connectivity index (χ1) is 8.08. The molecule has 9 heteroatoms. The number of rotatable bonds is 3. The van der Waals surface area contributed by atoms with Gasteiger partial charge in [-0.15, -0.1) is 4.83 Å². The molecule has 0 amide bonds. The van der Waals surface area contributed by atoms with Crippen LogP contribution in [0.3, 0.4) is 0 Å². The van der Waals surface area contributed by atoms with Gasteiger partial charge in [0.05, 0.1) is 25.6 Å². The van der Waals surface area contributed by atoms with Gasteiger partial charge in [-0.05, 0) is 11.6 Å². The maximum Gasteiger partial charge on any atom is 0.256 e. The first-order valence-electron chi connectivity index (χ1n) is 4.90. The van der Waals surface area contributed by atoms with Crippen LogP contribution in [0.1, 0.15) is 0 Å². The number of nitrogens with one attached hydrogen (secondary N) is 1. The molecule has 1 aromatic rings. The van der Waals surface area contributed by atoms with E-state index in [1.54, 1.807) is 5.01 Å². The molecule has 0 aromatic carbocycles. The van der Waals surface area contributed by atoms with Crippen LogP contribution in [0, 0.1) is 0 Å². The van der Waals surface area contributed by atoms with Crippen molar-refractivity contribution >= 4 is 21.6 Å². The number of aromatic nitrogens is 2. The Kier molecular flexibility index (Phi) is 3.89. The molecular weight excluding hydrogens is 268 g/mol. The van der Waals surface area contributed by atoms with Gasteiger partial charge in [-0.25, -0.2) is 23.4 Å². The fourth-order valence-electron chi connectivity index (χ4n) is 1.32. The van der Waals surface area contributed by atoms with E-state index in [4.69, 9.17) is 16.3 Å². The van der Waals surface area contributed by atoms with E-state index < -0.39 is 10.0 Å². The summed E-state index contributed by atoms with van der Waals surface area (Å²) in [5.74, 6) is 0. The molecular formula is C8H11ClN4O3S. The van der Waals surface area contributed by atoms with Crippen molar-refractivity contribution in [3.63, 3.8) is 0 Å². The highest BCUT2D eigenvalue weighted by atomic mass is 35.5. The van der Waals surface area contributed by atoms with E-state index in [9.17, 15) is 8.42 Å². The summed E-state index contributed by atoms with van der Waals surface area (Å²) in [5.41, 5.74) is 0. The van der Waals surface area contributed by atoms with Crippen molar-refractivity contribution < 1.29 is 13.2 Å². The minimum absolute atomic E-state index is 0.00956. The molecule has 1 aliphatic rings. The highest BCUT2D eigenvalue weighted by Gasteiger charge is 2.20. The van der Waals surface area contributed by atoms with E-state index in [-0.39, 0.29) is 10.2 Å². The fraction of sp³-hybridized carbons (Fsp3) is 0.500. The van der Waals surface area contributed by atoms with Crippen molar-refractivity contribution in [1.82, 2.24) is 19.8 Å². The molecule has 2 heterocycles. The summed E-state index contributed by atoms with van der Waals surface area (Å²) >= 11 is 5.49. The van der Waals surface area contributed by atoms with E-state index in [1.807, 2.05) is 0 Å². The summed E-state index contributed by atoms with van der Waals surface area (Å²) in [6.07, 6.45) is 2.33. The maximum absolute atomic E-state index is 11.9. The Labute approximate surface area is 104 Å². The topological polar surface area (TPSA) is 84.4 Å². The van der Waals surface area contributed by atoms with Crippen molar-refractivity contribution in [2.45, 2.75) is 4.90 Å². The van der Waals surface area contributed by atoms with Gasteiger partial charge >= 0.3 is 0 Å². The molecule has 1 fully saturated rings. The Morgan fingerprint density at radius 1 is 1.29 bits per heavy atom. The average molecular weight is 279 g/mol. The third kappa shape index (κ3) is 3.33. The molecule has 0 spiro atoms. The Bertz CT molecular complexity index is 472. The normalized spacial score (nSPS) is 18.2. The second-order valence-corrected chi connectivity index (χ2v) is 5.38. The third-order valence-electron chi connectivity index (χ3n) is 2.17. The van der Waals surface area contributed by atoms with Gasteiger partial charge in [0.1, 0.15) is 4.90 Å². The van der Waals surface area contributed by atoms with Crippen LogP contribution in [0.25, 0.3) is 0 Å². The van der Waals surface area contributed by atoms with Crippen LogP contribution in [0.4, 0.5) is 0 Å². The quantitative estimate of drug-likeness (QED) is 0.761. The van der Waals surface area contributed by atoms with Crippen LogP contribution in [-0.4, -0.2) is 49.7 Å². The molecule has 0 atom stereocenters. The van der Waals surface area contributed by atoms with Crippen molar-refractivity contribution in [2.75, 3.05) is 26.3 Å². The Morgan fingerprint density at radius 3 is 2.47 bits per heavy atom. The average Bonchev–Trinajstić information content (AvgIpc) is 2.30. The fourth-order valence-corrected chi connectivity index (χ4v) is 2.42. The van der Waals surface area contributed by atoms with Crippen molar-refractivity contribution in [3.8, 4) is 0 Å². The molecule has 94 valence electrons. The Hall–Kier alpha value is -0.800. The number of hydrogen-bond acceptors (Lipinski definition) is 6. The number of halogens is 1. The molecule has 0 bridgehead atoms. The van der Waals surface area contributed by atoms with Crippen LogP contribution in [0.15, 0.2) is 17.3 Å². The smallest absolute Gasteiger partial charge is 0.256 e. The Morgan fingerprint density at radius 2 is 1.88 bits per heavy atom. The van der Waals surface area contributed by atoms with E-state index >= 15 is 0 Å². The zero-order valence-corrected chi connectivity index (χ0v) is 10.4. The zero-order valence-electron chi connectivity index (χ0n) is 8.84. The van der Waals surface area contributed by atoms with Crippen LogP contribution in [0.5, 0.6) is 0 Å². The lowest BCUT2D eigenvalue weighted by Crippen LogP contribution is -2.48. The van der Waals surface area contributed by atoms with Gasteiger partial charge in [-0.1, -0.05) is 0 Å². The molecule has 0 radical (unpaired) electrons. The van der Waals surface area contributed by atoms with E-state index in [0.29, 0.717) is 26.3 Å². The largest absolute Gasteiger partial charge is 0.379 e. The molecule has 17 heavy (non-hydrogen) atoms. The molecule has 7 nitrogen and oxygen atoms in total. The first-order valence-corrected chi connectivity index (χ1v) is 6.77. The molecule has 1 saturated heterocycles. The van der Waals surface area contributed by atoms with E-state index in [2.05, 4.69) is 14.8 Å².